The number of halogens is 2. The Balaban J connectivity index is 3.20. The highest BCUT2D eigenvalue weighted by Gasteiger charge is 2.09. The molecular formula is C9H10Cl2O2. The van der Waals surface area contributed by atoms with Gasteiger partial charge in [-0.25, -0.2) is 0 Å². The van der Waals surface area contributed by atoms with Crippen molar-refractivity contribution >= 4 is 23.2 Å². The standard InChI is InChI=1S/C9H10Cl2O2/c1-12-7-3-6(5-10)4-8(13-2)9(7)11/h3-4H,5H2,1-2H3. The van der Waals surface area contributed by atoms with Crippen LogP contribution in [-0.2, 0) is 5.88 Å². The third-order valence-corrected chi connectivity index (χ3v) is 2.34. The molecule has 13 heavy (non-hydrogen) atoms. The van der Waals surface area contributed by atoms with E-state index in [0.29, 0.717) is 22.4 Å². The normalized spacial score (nSPS) is 9.85. The van der Waals surface area contributed by atoms with Gasteiger partial charge in [-0.3, -0.25) is 0 Å². The second kappa shape index (κ2) is 4.58. The van der Waals surface area contributed by atoms with Crippen LogP contribution in [0.5, 0.6) is 11.5 Å². The third kappa shape index (κ3) is 2.20. The maximum absolute atomic E-state index is 5.94. The topological polar surface area (TPSA) is 18.5 Å². The van der Waals surface area contributed by atoms with Crippen LogP contribution in [0.4, 0.5) is 0 Å². The Bertz CT molecular complexity index is 275. The monoisotopic (exact) mass is 220 g/mol. The molecule has 0 N–H and O–H groups in total. The first-order valence-corrected chi connectivity index (χ1v) is 4.60. The lowest BCUT2D eigenvalue weighted by Crippen LogP contribution is -1.91. The fraction of sp³-hybridized carbons (Fsp3) is 0.333. The van der Waals surface area contributed by atoms with Crippen LogP contribution in [0.2, 0.25) is 5.02 Å². The molecule has 0 saturated carbocycles. The molecule has 4 heteroatoms. The van der Waals surface area contributed by atoms with Crippen LogP contribution in [0.15, 0.2) is 12.1 Å². The Hall–Kier alpha value is -0.600. The summed E-state index contributed by atoms with van der Waals surface area (Å²) in [6, 6.07) is 3.58. The van der Waals surface area contributed by atoms with Crippen molar-refractivity contribution in [2.24, 2.45) is 0 Å². The number of alkyl halides is 1. The van der Waals surface area contributed by atoms with Crippen LogP contribution in [0.1, 0.15) is 5.56 Å². The number of ether oxygens (including phenoxy) is 2. The minimum Gasteiger partial charge on any atom is -0.495 e. The van der Waals surface area contributed by atoms with Crippen molar-refractivity contribution in [1.82, 2.24) is 0 Å². The fourth-order valence-electron chi connectivity index (χ4n) is 1.00. The van der Waals surface area contributed by atoms with E-state index in [0.717, 1.165) is 5.56 Å². The van der Waals surface area contributed by atoms with Crippen molar-refractivity contribution in [2.75, 3.05) is 14.2 Å². The molecule has 0 fully saturated rings. The molecule has 1 rings (SSSR count). The van der Waals surface area contributed by atoms with E-state index in [2.05, 4.69) is 0 Å². The van der Waals surface area contributed by atoms with Gasteiger partial charge in [0, 0.05) is 5.88 Å². The molecule has 0 aliphatic heterocycles. The molecule has 0 heterocycles. The number of hydrogen-bond donors (Lipinski definition) is 0. The van der Waals surface area contributed by atoms with Crippen molar-refractivity contribution in [3.05, 3.63) is 22.7 Å². The highest BCUT2D eigenvalue weighted by Crippen LogP contribution is 2.35. The minimum absolute atomic E-state index is 0.407. The molecule has 2 nitrogen and oxygen atoms in total. The zero-order valence-electron chi connectivity index (χ0n) is 7.43. The molecular weight excluding hydrogens is 211 g/mol. The van der Waals surface area contributed by atoms with Gasteiger partial charge in [0.2, 0.25) is 0 Å². The summed E-state index contributed by atoms with van der Waals surface area (Å²) in [6.45, 7) is 0. The first-order chi connectivity index (χ1) is 6.22. The van der Waals surface area contributed by atoms with Crippen LogP contribution in [-0.4, -0.2) is 14.2 Å². The average molecular weight is 221 g/mol. The maximum atomic E-state index is 5.94. The number of methoxy groups -OCH3 is 2. The predicted molar refractivity (Wildman–Crippen MR) is 54.1 cm³/mol. The summed E-state index contributed by atoms with van der Waals surface area (Å²) in [7, 11) is 3.11. The Morgan fingerprint density at radius 2 is 1.62 bits per heavy atom. The highest BCUT2D eigenvalue weighted by atomic mass is 35.5. The SMILES string of the molecule is COc1cc(CCl)cc(OC)c1Cl. The van der Waals surface area contributed by atoms with E-state index in [1.165, 1.54) is 0 Å². The number of rotatable bonds is 3. The van der Waals surface area contributed by atoms with Crippen LogP contribution < -0.4 is 9.47 Å². The Labute approximate surface area is 87.4 Å². The summed E-state index contributed by atoms with van der Waals surface area (Å²) in [5.41, 5.74) is 0.916. The summed E-state index contributed by atoms with van der Waals surface area (Å²) in [4.78, 5) is 0. The lowest BCUT2D eigenvalue weighted by molar-refractivity contribution is 0.394. The molecule has 1 aromatic rings. The maximum Gasteiger partial charge on any atom is 0.141 e. The van der Waals surface area contributed by atoms with Gasteiger partial charge in [0.25, 0.3) is 0 Å². The predicted octanol–water partition coefficient (Wildman–Crippen LogP) is 3.10. The fourth-order valence-corrected chi connectivity index (χ4v) is 1.42. The summed E-state index contributed by atoms with van der Waals surface area (Å²) in [6.07, 6.45) is 0. The van der Waals surface area contributed by atoms with Gasteiger partial charge in [0.05, 0.1) is 14.2 Å². The van der Waals surface area contributed by atoms with Crippen LogP contribution >= 0.6 is 23.2 Å². The van der Waals surface area contributed by atoms with Crippen molar-refractivity contribution in [1.29, 1.82) is 0 Å². The Kier molecular flexibility index (Phi) is 3.70. The smallest absolute Gasteiger partial charge is 0.141 e. The van der Waals surface area contributed by atoms with E-state index in [-0.39, 0.29) is 0 Å². The number of benzene rings is 1. The molecule has 0 radical (unpaired) electrons. The van der Waals surface area contributed by atoms with E-state index in [1.54, 1.807) is 26.4 Å². The Morgan fingerprint density at radius 1 is 1.15 bits per heavy atom. The average Bonchev–Trinajstić information content (AvgIpc) is 2.18. The highest BCUT2D eigenvalue weighted by molar-refractivity contribution is 6.33. The second-order valence-electron chi connectivity index (χ2n) is 2.45. The van der Waals surface area contributed by atoms with Gasteiger partial charge in [0.15, 0.2) is 0 Å². The van der Waals surface area contributed by atoms with Gasteiger partial charge in [-0.2, -0.15) is 0 Å². The van der Waals surface area contributed by atoms with Gasteiger partial charge in [-0.1, -0.05) is 11.6 Å². The van der Waals surface area contributed by atoms with Crippen LogP contribution in [0, 0.1) is 0 Å². The molecule has 0 aromatic heterocycles. The van der Waals surface area contributed by atoms with Crippen molar-refractivity contribution < 1.29 is 9.47 Å². The molecule has 0 atom stereocenters. The van der Waals surface area contributed by atoms with Crippen LogP contribution in [0.25, 0.3) is 0 Å². The molecule has 0 unspecified atom stereocenters. The van der Waals surface area contributed by atoms with Crippen molar-refractivity contribution in [2.45, 2.75) is 5.88 Å². The van der Waals surface area contributed by atoms with E-state index in [9.17, 15) is 0 Å². The van der Waals surface area contributed by atoms with Gasteiger partial charge >= 0.3 is 0 Å². The Morgan fingerprint density at radius 3 is 1.92 bits per heavy atom. The lowest BCUT2D eigenvalue weighted by atomic mass is 10.2. The molecule has 0 saturated heterocycles. The molecule has 0 spiro atoms. The van der Waals surface area contributed by atoms with Gasteiger partial charge < -0.3 is 9.47 Å². The van der Waals surface area contributed by atoms with E-state index in [1.807, 2.05) is 0 Å². The molecule has 1 aromatic carbocycles. The van der Waals surface area contributed by atoms with E-state index >= 15 is 0 Å². The van der Waals surface area contributed by atoms with E-state index in [4.69, 9.17) is 32.7 Å². The minimum atomic E-state index is 0.407. The summed E-state index contributed by atoms with van der Waals surface area (Å²) >= 11 is 11.6. The molecule has 0 aliphatic carbocycles. The molecule has 0 aliphatic rings. The largest absolute Gasteiger partial charge is 0.495 e. The molecule has 0 bridgehead atoms. The number of hydrogen-bond acceptors (Lipinski definition) is 2. The molecule has 72 valence electrons. The summed E-state index contributed by atoms with van der Waals surface area (Å²) in [5, 5.41) is 0.471. The third-order valence-electron chi connectivity index (χ3n) is 1.66. The van der Waals surface area contributed by atoms with Crippen molar-refractivity contribution in [3.8, 4) is 11.5 Å². The first-order valence-electron chi connectivity index (χ1n) is 3.69. The zero-order valence-corrected chi connectivity index (χ0v) is 8.95. The quantitative estimate of drug-likeness (QED) is 0.730. The van der Waals surface area contributed by atoms with Gasteiger partial charge in [-0.05, 0) is 17.7 Å². The van der Waals surface area contributed by atoms with Crippen LogP contribution in [0.3, 0.4) is 0 Å². The molecule has 0 amide bonds. The van der Waals surface area contributed by atoms with Crippen molar-refractivity contribution in [3.63, 3.8) is 0 Å². The van der Waals surface area contributed by atoms with Gasteiger partial charge in [-0.15, -0.1) is 11.6 Å². The summed E-state index contributed by atoms with van der Waals surface area (Å²) < 4.78 is 10.1. The first kappa shape index (κ1) is 10.5. The van der Waals surface area contributed by atoms with Gasteiger partial charge in [0.1, 0.15) is 16.5 Å². The second-order valence-corrected chi connectivity index (χ2v) is 3.09. The zero-order chi connectivity index (χ0) is 9.84. The summed E-state index contributed by atoms with van der Waals surface area (Å²) in [5.74, 6) is 1.57. The lowest BCUT2D eigenvalue weighted by Gasteiger charge is -2.09. The van der Waals surface area contributed by atoms with E-state index < -0.39 is 0 Å².